The molecule has 0 amide bonds. The summed E-state index contributed by atoms with van der Waals surface area (Å²) < 4.78 is 0.926. The fourth-order valence-corrected chi connectivity index (χ4v) is 1.49. The van der Waals surface area contributed by atoms with Gasteiger partial charge in [0.1, 0.15) is 0 Å². The van der Waals surface area contributed by atoms with Crippen molar-refractivity contribution in [2.75, 3.05) is 0 Å². The van der Waals surface area contributed by atoms with Crippen LogP contribution in [0.15, 0.2) is 10.8 Å². The molecule has 0 aliphatic rings. The number of halogens is 1. The summed E-state index contributed by atoms with van der Waals surface area (Å²) in [4.78, 5) is 0. The Morgan fingerprint density at radius 2 is 1.71 bits per heavy atom. The van der Waals surface area contributed by atoms with Crippen molar-refractivity contribution in [1.29, 1.82) is 0 Å². The summed E-state index contributed by atoms with van der Waals surface area (Å²) in [6.45, 7) is 0. The molecule has 7 heavy (non-hydrogen) atoms. The normalized spacial score (nSPS) is 7.43. The van der Waals surface area contributed by atoms with Crippen LogP contribution in [0.2, 0.25) is 0 Å². The smallest absolute Gasteiger partial charge is 0.310 e. The highest BCUT2D eigenvalue weighted by Crippen LogP contribution is 1.88. The molecule has 2 N–H and O–H groups in total. The molecule has 0 spiro atoms. The van der Waals surface area contributed by atoms with Crippen LogP contribution in [0.4, 0.5) is 0 Å². The van der Waals surface area contributed by atoms with Crippen LogP contribution in [-0.2, 0) is 0 Å². The minimum absolute atomic E-state index is 0. The Morgan fingerprint density at radius 1 is 1.29 bits per heavy atom. The molecule has 0 saturated heterocycles. The van der Waals surface area contributed by atoms with E-state index in [0.29, 0.717) is 0 Å². The lowest BCUT2D eigenvalue weighted by molar-refractivity contribution is -0.161. The molecule has 0 fully saturated rings. The molecule has 0 aliphatic heterocycles. The summed E-state index contributed by atoms with van der Waals surface area (Å²) in [6.07, 6.45) is 0. The van der Waals surface area contributed by atoms with Gasteiger partial charge in [-0.1, -0.05) is 22.7 Å². The SMILES string of the molecule is [Cl-].[NH2+]=c1sccs1. The second kappa shape index (κ2) is 3.18. The van der Waals surface area contributed by atoms with Crippen LogP contribution in [0.1, 0.15) is 0 Å². The monoisotopic (exact) mass is 153 g/mol. The maximum Gasteiger partial charge on any atom is 0.310 e. The highest BCUT2D eigenvalue weighted by atomic mass is 35.5. The average molecular weight is 154 g/mol. The van der Waals surface area contributed by atoms with Gasteiger partial charge >= 0.3 is 3.98 Å². The van der Waals surface area contributed by atoms with Crippen LogP contribution in [0.25, 0.3) is 0 Å². The van der Waals surface area contributed by atoms with E-state index in [1.165, 1.54) is 0 Å². The van der Waals surface area contributed by atoms with Gasteiger partial charge in [0.15, 0.2) is 0 Å². The third-order valence-electron chi connectivity index (χ3n) is 0.424. The van der Waals surface area contributed by atoms with Crippen molar-refractivity contribution in [2.24, 2.45) is 0 Å². The fourth-order valence-electron chi connectivity index (χ4n) is 0.217. The largest absolute Gasteiger partial charge is 1.00 e. The van der Waals surface area contributed by atoms with E-state index in [2.05, 4.69) is 0 Å². The number of nitrogens with two attached hydrogens (primary N) is 1. The van der Waals surface area contributed by atoms with E-state index in [1.54, 1.807) is 22.7 Å². The Kier molecular flexibility index (Phi) is 3.25. The molecule has 1 aromatic heterocycles. The molecule has 0 bridgehead atoms. The molecule has 0 saturated carbocycles. The van der Waals surface area contributed by atoms with Crippen LogP contribution in [0.5, 0.6) is 0 Å². The van der Waals surface area contributed by atoms with Crippen molar-refractivity contribution in [3.63, 3.8) is 0 Å². The molecular formula is C3H4ClNS2. The van der Waals surface area contributed by atoms with Crippen molar-refractivity contribution in [3.8, 4) is 0 Å². The lowest BCUT2D eigenvalue weighted by Gasteiger charge is -1.40. The number of rotatable bonds is 0. The van der Waals surface area contributed by atoms with Gasteiger partial charge in [0.25, 0.3) is 0 Å². The molecule has 1 heterocycles. The summed E-state index contributed by atoms with van der Waals surface area (Å²) in [5.41, 5.74) is 0. The molecule has 0 aromatic carbocycles. The summed E-state index contributed by atoms with van der Waals surface area (Å²) in [5.74, 6) is 0. The van der Waals surface area contributed by atoms with Crippen molar-refractivity contribution in [1.82, 2.24) is 0 Å². The fraction of sp³-hybridized carbons (Fsp3) is 0. The maximum absolute atomic E-state index is 5.31. The third kappa shape index (κ3) is 2.06. The first-order valence-corrected chi connectivity index (χ1v) is 3.26. The minimum Gasteiger partial charge on any atom is -1.00 e. The van der Waals surface area contributed by atoms with Gasteiger partial charge in [-0.3, -0.25) is 0 Å². The summed E-state index contributed by atoms with van der Waals surface area (Å²) in [5, 5.41) is 9.26. The Labute approximate surface area is 55.6 Å². The van der Waals surface area contributed by atoms with E-state index >= 15 is 0 Å². The maximum atomic E-state index is 5.31. The molecule has 40 valence electrons. The van der Waals surface area contributed by atoms with Gasteiger partial charge in [0.2, 0.25) is 0 Å². The molecule has 0 unspecified atom stereocenters. The Balaban J connectivity index is 0.000000360. The third-order valence-corrected chi connectivity index (χ3v) is 2.18. The van der Waals surface area contributed by atoms with Gasteiger partial charge in [-0.05, 0) is 0 Å². The van der Waals surface area contributed by atoms with Crippen molar-refractivity contribution in [3.05, 3.63) is 14.7 Å². The molecule has 4 heteroatoms. The van der Waals surface area contributed by atoms with Crippen LogP contribution < -0.4 is 21.8 Å². The first-order valence-electron chi connectivity index (χ1n) is 1.50. The first kappa shape index (κ1) is 7.14. The lowest BCUT2D eigenvalue weighted by atomic mass is 11.2. The molecular weight excluding hydrogens is 150 g/mol. The van der Waals surface area contributed by atoms with Crippen molar-refractivity contribution < 1.29 is 17.8 Å². The number of hydrogen-bond acceptors (Lipinski definition) is 2. The Hall–Kier alpha value is 0.140. The zero-order valence-electron chi connectivity index (χ0n) is 3.43. The molecule has 1 aromatic rings. The van der Waals surface area contributed by atoms with E-state index in [1.807, 2.05) is 10.8 Å². The first-order chi connectivity index (χ1) is 2.89. The van der Waals surface area contributed by atoms with Crippen LogP contribution in [0, 0.1) is 0 Å². The van der Waals surface area contributed by atoms with Crippen LogP contribution >= 0.6 is 22.7 Å². The molecule has 1 nitrogen and oxygen atoms in total. The standard InChI is InChI=1S/C3H3NS2.ClH/c4-3-5-1-2-6-3;/h1-2,4H;1H. The topological polar surface area (TPSA) is 25.6 Å². The predicted octanol–water partition coefficient (Wildman–Crippen LogP) is -3.53. The van der Waals surface area contributed by atoms with Gasteiger partial charge in [-0.15, -0.1) is 0 Å². The Morgan fingerprint density at radius 3 is 1.86 bits per heavy atom. The summed E-state index contributed by atoms with van der Waals surface area (Å²) in [7, 11) is 0. The van der Waals surface area contributed by atoms with Gasteiger partial charge in [0, 0.05) is 10.8 Å². The van der Waals surface area contributed by atoms with E-state index in [-0.39, 0.29) is 12.4 Å². The summed E-state index contributed by atoms with van der Waals surface area (Å²) in [6, 6.07) is 0. The van der Waals surface area contributed by atoms with E-state index in [0.717, 1.165) is 3.98 Å². The second-order valence-corrected chi connectivity index (χ2v) is 2.98. The van der Waals surface area contributed by atoms with E-state index in [9.17, 15) is 0 Å². The van der Waals surface area contributed by atoms with E-state index in [4.69, 9.17) is 5.41 Å². The van der Waals surface area contributed by atoms with E-state index < -0.39 is 0 Å². The lowest BCUT2D eigenvalue weighted by Crippen LogP contribution is -3.00. The quantitative estimate of drug-likeness (QED) is 0.400. The van der Waals surface area contributed by atoms with Gasteiger partial charge in [0.05, 0.1) is 0 Å². The predicted molar refractivity (Wildman–Crippen MR) is 27.3 cm³/mol. The molecule has 0 aliphatic carbocycles. The molecule has 0 atom stereocenters. The van der Waals surface area contributed by atoms with Gasteiger partial charge < -0.3 is 12.4 Å². The van der Waals surface area contributed by atoms with Crippen LogP contribution in [-0.4, -0.2) is 0 Å². The Bertz CT molecular complexity index is 151. The second-order valence-electron chi connectivity index (χ2n) is 0.827. The van der Waals surface area contributed by atoms with Gasteiger partial charge in [-0.25, -0.2) is 5.41 Å². The highest BCUT2D eigenvalue weighted by molar-refractivity contribution is 7.24. The zero-order valence-corrected chi connectivity index (χ0v) is 5.82. The molecule has 1 rings (SSSR count). The highest BCUT2D eigenvalue weighted by Gasteiger charge is 1.76. The zero-order chi connectivity index (χ0) is 4.41. The molecule has 0 radical (unpaired) electrons. The minimum atomic E-state index is 0. The van der Waals surface area contributed by atoms with Crippen molar-refractivity contribution >= 4 is 22.7 Å². The number of hydrogen-bond donors (Lipinski definition) is 1. The van der Waals surface area contributed by atoms with Crippen LogP contribution in [0.3, 0.4) is 0 Å². The summed E-state index contributed by atoms with van der Waals surface area (Å²) >= 11 is 3.15. The average Bonchev–Trinajstić information content (AvgIpc) is 1.86. The van der Waals surface area contributed by atoms with Gasteiger partial charge in [-0.2, -0.15) is 0 Å². The van der Waals surface area contributed by atoms with Crippen molar-refractivity contribution in [2.45, 2.75) is 0 Å².